The molecule has 100 valence electrons. The largest absolute Gasteiger partial charge is 0.496 e. The van der Waals surface area contributed by atoms with Crippen LogP contribution in [0.3, 0.4) is 0 Å². The summed E-state index contributed by atoms with van der Waals surface area (Å²) in [6.45, 7) is 4.83. The molecule has 0 unspecified atom stereocenters. The van der Waals surface area contributed by atoms with Gasteiger partial charge in [0.15, 0.2) is 0 Å². The first-order chi connectivity index (χ1) is 8.58. The van der Waals surface area contributed by atoms with Gasteiger partial charge in [-0.25, -0.2) is 4.79 Å². The monoisotopic (exact) mass is 251 g/mol. The van der Waals surface area contributed by atoms with Crippen LogP contribution in [0.4, 0.5) is 4.79 Å². The van der Waals surface area contributed by atoms with Crippen LogP contribution in [0.25, 0.3) is 0 Å². The highest BCUT2D eigenvalue weighted by Gasteiger charge is 2.08. The van der Waals surface area contributed by atoms with Gasteiger partial charge in [0.2, 0.25) is 0 Å². The van der Waals surface area contributed by atoms with E-state index in [2.05, 4.69) is 30.0 Å². The summed E-state index contributed by atoms with van der Waals surface area (Å²) in [7, 11) is 3.04. The van der Waals surface area contributed by atoms with Gasteiger partial charge in [-0.3, -0.25) is 0 Å². The molecule has 0 saturated heterocycles. The molecule has 0 fully saturated rings. The van der Waals surface area contributed by atoms with Gasteiger partial charge < -0.3 is 14.8 Å². The summed E-state index contributed by atoms with van der Waals surface area (Å²) in [5, 5.41) is 2.67. The summed E-state index contributed by atoms with van der Waals surface area (Å²) in [5.41, 5.74) is 2.36. The number of methoxy groups -OCH3 is 2. The number of benzene rings is 1. The lowest BCUT2D eigenvalue weighted by atomic mass is 9.98. The summed E-state index contributed by atoms with van der Waals surface area (Å²) in [6.07, 6.45) is 0.381. The van der Waals surface area contributed by atoms with Crippen molar-refractivity contribution in [2.24, 2.45) is 0 Å². The Morgan fingerprint density at radius 1 is 1.33 bits per heavy atom. The molecule has 18 heavy (non-hydrogen) atoms. The van der Waals surface area contributed by atoms with Crippen molar-refractivity contribution in [1.82, 2.24) is 5.32 Å². The summed E-state index contributed by atoms with van der Waals surface area (Å²) in [5.74, 6) is 1.32. The van der Waals surface area contributed by atoms with E-state index in [9.17, 15) is 4.79 Å². The highest BCUT2D eigenvalue weighted by atomic mass is 16.5. The lowest BCUT2D eigenvalue weighted by Crippen LogP contribution is -2.25. The first kappa shape index (κ1) is 14.4. The zero-order valence-electron chi connectivity index (χ0n) is 11.4. The molecule has 1 aromatic rings. The molecule has 0 bridgehead atoms. The second-order valence-corrected chi connectivity index (χ2v) is 4.40. The normalized spacial score (nSPS) is 10.3. The molecule has 0 heterocycles. The molecule has 4 nitrogen and oxygen atoms in total. The highest BCUT2D eigenvalue weighted by molar-refractivity contribution is 5.66. The fourth-order valence-electron chi connectivity index (χ4n) is 1.77. The minimum Gasteiger partial charge on any atom is -0.496 e. The lowest BCUT2D eigenvalue weighted by Gasteiger charge is -2.13. The number of amides is 1. The minimum atomic E-state index is -0.396. The van der Waals surface area contributed by atoms with Crippen LogP contribution in [0, 0.1) is 0 Å². The van der Waals surface area contributed by atoms with E-state index < -0.39 is 6.09 Å². The SMILES string of the molecule is COC(=O)NCCc1ccc(OC)c(C(C)C)c1. The Hall–Kier alpha value is -1.71. The first-order valence-electron chi connectivity index (χ1n) is 6.07. The predicted molar refractivity (Wildman–Crippen MR) is 71.2 cm³/mol. The van der Waals surface area contributed by atoms with Crippen LogP contribution in [0.1, 0.15) is 30.9 Å². The Bertz CT molecular complexity index is 402. The maximum absolute atomic E-state index is 10.9. The molecule has 0 radical (unpaired) electrons. The molecule has 0 atom stereocenters. The van der Waals surface area contributed by atoms with Crippen LogP contribution >= 0.6 is 0 Å². The maximum Gasteiger partial charge on any atom is 0.406 e. The number of carbonyl (C=O) groups excluding carboxylic acids is 1. The van der Waals surface area contributed by atoms with Crippen molar-refractivity contribution < 1.29 is 14.3 Å². The molecule has 1 rings (SSSR count). The third kappa shape index (κ3) is 3.95. The summed E-state index contributed by atoms with van der Waals surface area (Å²) in [4.78, 5) is 10.9. The summed E-state index contributed by atoms with van der Waals surface area (Å²) < 4.78 is 9.85. The second kappa shape index (κ2) is 6.89. The summed E-state index contributed by atoms with van der Waals surface area (Å²) >= 11 is 0. The highest BCUT2D eigenvalue weighted by Crippen LogP contribution is 2.27. The quantitative estimate of drug-likeness (QED) is 0.875. The lowest BCUT2D eigenvalue weighted by molar-refractivity contribution is 0.171. The molecule has 1 amide bonds. The molecule has 1 aromatic carbocycles. The van der Waals surface area contributed by atoms with Gasteiger partial charge in [-0.05, 0) is 29.5 Å². The van der Waals surface area contributed by atoms with Gasteiger partial charge in [-0.15, -0.1) is 0 Å². The van der Waals surface area contributed by atoms with E-state index in [0.717, 1.165) is 12.2 Å². The Morgan fingerprint density at radius 2 is 2.06 bits per heavy atom. The molecule has 0 aliphatic heterocycles. The van der Waals surface area contributed by atoms with Gasteiger partial charge in [-0.1, -0.05) is 26.0 Å². The standard InChI is InChI=1S/C14H21NO3/c1-10(2)12-9-11(5-6-13(12)17-3)7-8-15-14(16)18-4/h5-6,9-10H,7-8H2,1-4H3,(H,15,16). The molecule has 1 N–H and O–H groups in total. The van der Waals surface area contributed by atoms with Crippen LogP contribution < -0.4 is 10.1 Å². The van der Waals surface area contributed by atoms with Crippen molar-refractivity contribution in [1.29, 1.82) is 0 Å². The smallest absolute Gasteiger partial charge is 0.406 e. The van der Waals surface area contributed by atoms with Crippen LogP contribution in [0.15, 0.2) is 18.2 Å². The van der Waals surface area contributed by atoms with Crippen LogP contribution in [-0.4, -0.2) is 26.9 Å². The molecular weight excluding hydrogens is 230 g/mol. The van der Waals surface area contributed by atoms with Crippen LogP contribution in [-0.2, 0) is 11.2 Å². The van der Waals surface area contributed by atoms with Gasteiger partial charge in [0, 0.05) is 6.54 Å². The average molecular weight is 251 g/mol. The molecule has 0 aliphatic rings. The van der Waals surface area contributed by atoms with E-state index in [4.69, 9.17) is 4.74 Å². The van der Waals surface area contributed by atoms with E-state index in [0.29, 0.717) is 12.5 Å². The topological polar surface area (TPSA) is 47.6 Å². The zero-order valence-corrected chi connectivity index (χ0v) is 11.4. The Morgan fingerprint density at radius 3 is 2.61 bits per heavy atom. The van der Waals surface area contributed by atoms with Crippen LogP contribution in [0.2, 0.25) is 0 Å². The average Bonchev–Trinajstić information content (AvgIpc) is 2.38. The van der Waals surface area contributed by atoms with Crippen molar-refractivity contribution >= 4 is 6.09 Å². The summed E-state index contributed by atoms with van der Waals surface area (Å²) in [6, 6.07) is 6.12. The van der Waals surface area contributed by atoms with Crippen molar-refractivity contribution in [3.8, 4) is 5.75 Å². The van der Waals surface area contributed by atoms with Crippen molar-refractivity contribution in [2.75, 3.05) is 20.8 Å². The van der Waals surface area contributed by atoms with Gasteiger partial charge in [0.1, 0.15) is 5.75 Å². The van der Waals surface area contributed by atoms with Gasteiger partial charge >= 0.3 is 6.09 Å². The molecule has 0 saturated carbocycles. The molecule has 0 aromatic heterocycles. The number of carbonyl (C=O) groups is 1. The first-order valence-corrected chi connectivity index (χ1v) is 6.07. The van der Waals surface area contributed by atoms with Crippen LogP contribution in [0.5, 0.6) is 5.75 Å². The maximum atomic E-state index is 10.9. The third-order valence-electron chi connectivity index (χ3n) is 2.78. The van der Waals surface area contributed by atoms with E-state index in [1.807, 2.05) is 12.1 Å². The Balaban J connectivity index is 2.67. The van der Waals surface area contributed by atoms with Crippen molar-refractivity contribution in [2.45, 2.75) is 26.2 Å². The number of hydrogen-bond acceptors (Lipinski definition) is 3. The van der Waals surface area contributed by atoms with Gasteiger partial charge in [0.05, 0.1) is 14.2 Å². The minimum absolute atomic E-state index is 0.396. The fraction of sp³-hybridized carbons (Fsp3) is 0.500. The molecule has 4 heteroatoms. The Kier molecular flexibility index (Phi) is 5.49. The second-order valence-electron chi connectivity index (χ2n) is 4.40. The van der Waals surface area contributed by atoms with Crippen molar-refractivity contribution in [3.63, 3.8) is 0 Å². The fourth-order valence-corrected chi connectivity index (χ4v) is 1.77. The number of alkyl carbamates (subject to hydrolysis) is 1. The van der Waals surface area contributed by atoms with Gasteiger partial charge in [0.25, 0.3) is 0 Å². The molecule has 0 spiro atoms. The predicted octanol–water partition coefficient (Wildman–Crippen LogP) is 2.72. The van der Waals surface area contributed by atoms with E-state index in [-0.39, 0.29) is 0 Å². The number of nitrogens with one attached hydrogen (secondary N) is 1. The molecule has 0 aliphatic carbocycles. The number of hydrogen-bond donors (Lipinski definition) is 1. The Labute approximate surface area is 108 Å². The van der Waals surface area contributed by atoms with Gasteiger partial charge in [-0.2, -0.15) is 0 Å². The zero-order chi connectivity index (χ0) is 13.5. The molecular formula is C14H21NO3. The van der Waals surface area contributed by atoms with E-state index in [1.165, 1.54) is 18.2 Å². The third-order valence-corrected chi connectivity index (χ3v) is 2.78. The number of rotatable bonds is 5. The number of ether oxygens (including phenoxy) is 2. The van der Waals surface area contributed by atoms with E-state index in [1.54, 1.807) is 7.11 Å². The van der Waals surface area contributed by atoms with E-state index >= 15 is 0 Å². The van der Waals surface area contributed by atoms with Crippen molar-refractivity contribution in [3.05, 3.63) is 29.3 Å².